The van der Waals surface area contributed by atoms with Gasteiger partial charge in [-0.25, -0.2) is 9.37 Å². The lowest BCUT2D eigenvalue weighted by Crippen LogP contribution is -2.01. The molecular formula is C12H11ClFN3. The summed E-state index contributed by atoms with van der Waals surface area (Å²) >= 11 is 5.68. The number of nitrogens with two attached hydrogens (primary N) is 1. The summed E-state index contributed by atoms with van der Waals surface area (Å²) in [5, 5.41) is 2.87. The van der Waals surface area contributed by atoms with E-state index in [9.17, 15) is 4.39 Å². The lowest BCUT2D eigenvalue weighted by Gasteiger charge is -2.10. The molecule has 0 aliphatic rings. The third kappa shape index (κ3) is 2.47. The van der Waals surface area contributed by atoms with Gasteiger partial charge < -0.3 is 11.1 Å². The molecule has 1 aromatic heterocycles. The number of benzene rings is 1. The topological polar surface area (TPSA) is 50.9 Å². The van der Waals surface area contributed by atoms with Crippen molar-refractivity contribution in [2.24, 2.45) is 0 Å². The molecule has 0 aliphatic heterocycles. The Hall–Kier alpha value is -1.81. The number of pyridine rings is 1. The van der Waals surface area contributed by atoms with Crippen molar-refractivity contribution in [2.75, 3.05) is 11.1 Å². The van der Waals surface area contributed by atoms with Crippen LogP contribution in [0.3, 0.4) is 0 Å². The quantitative estimate of drug-likeness (QED) is 0.859. The number of hydrogen-bond acceptors (Lipinski definition) is 3. The fraction of sp³-hybridized carbons (Fsp3) is 0.0833. The number of aromatic nitrogens is 1. The lowest BCUT2D eigenvalue weighted by atomic mass is 10.2. The zero-order valence-corrected chi connectivity index (χ0v) is 9.92. The summed E-state index contributed by atoms with van der Waals surface area (Å²) in [4.78, 5) is 4.10. The number of halogens is 2. The fourth-order valence-electron chi connectivity index (χ4n) is 1.42. The number of anilines is 3. The van der Waals surface area contributed by atoms with Gasteiger partial charge in [0.2, 0.25) is 0 Å². The highest BCUT2D eigenvalue weighted by Crippen LogP contribution is 2.26. The van der Waals surface area contributed by atoms with Crippen molar-refractivity contribution in [3.05, 3.63) is 46.9 Å². The Morgan fingerprint density at radius 3 is 2.88 bits per heavy atom. The van der Waals surface area contributed by atoms with Crippen LogP contribution in [0.1, 0.15) is 5.56 Å². The molecule has 0 radical (unpaired) electrons. The second-order valence-corrected chi connectivity index (χ2v) is 4.08. The molecule has 0 saturated heterocycles. The third-order valence-electron chi connectivity index (χ3n) is 2.26. The van der Waals surface area contributed by atoms with E-state index in [0.717, 1.165) is 5.56 Å². The number of nitrogens with one attached hydrogen (secondary N) is 1. The summed E-state index contributed by atoms with van der Waals surface area (Å²) in [5.74, 6) is -0.104. The zero-order chi connectivity index (χ0) is 12.4. The Bertz CT molecular complexity index is 557. The first-order valence-electron chi connectivity index (χ1n) is 5.01. The minimum atomic E-state index is -0.518. The molecule has 0 amide bonds. The Morgan fingerprint density at radius 1 is 1.41 bits per heavy atom. The van der Waals surface area contributed by atoms with Gasteiger partial charge in [0.05, 0.1) is 16.4 Å². The summed E-state index contributed by atoms with van der Waals surface area (Å²) in [6.07, 6.45) is 1.65. The zero-order valence-electron chi connectivity index (χ0n) is 9.17. The van der Waals surface area contributed by atoms with Crippen molar-refractivity contribution in [3.63, 3.8) is 0 Å². The van der Waals surface area contributed by atoms with Gasteiger partial charge in [0.25, 0.3) is 0 Å². The van der Waals surface area contributed by atoms with Gasteiger partial charge >= 0.3 is 0 Å². The van der Waals surface area contributed by atoms with Crippen LogP contribution >= 0.6 is 11.6 Å². The Kier molecular flexibility index (Phi) is 3.15. The maximum absolute atomic E-state index is 13.6. The number of aryl methyl sites for hydroxylation is 1. The fourth-order valence-corrected chi connectivity index (χ4v) is 1.60. The van der Waals surface area contributed by atoms with Crippen molar-refractivity contribution in [3.8, 4) is 0 Å². The third-order valence-corrected chi connectivity index (χ3v) is 2.55. The van der Waals surface area contributed by atoms with Crippen molar-refractivity contribution in [2.45, 2.75) is 6.92 Å². The van der Waals surface area contributed by atoms with Crippen LogP contribution in [0, 0.1) is 12.7 Å². The van der Waals surface area contributed by atoms with E-state index in [0.29, 0.717) is 11.5 Å². The average molecular weight is 252 g/mol. The van der Waals surface area contributed by atoms with E-state index in [1.54, 1.807) is 24.4 Å². The van der Waals surface area contributed by atoms with E-state index in [1.807, 2.05) is 6.92 Å². The average Bonchev–Trinajstić information content (AvgIpc) is 2.28. The minimum Gasteiger partial charge on any atom is -0.396 e. The Morgan fingerprint density at radius 2 is 2.18 bits per heavy atom. The summed E-state index contributed by atoms with van der Waals surface area (Å²) in [6.45, 7) is 1.88. The molecule has 1 heterocycles. The van der Waals surface area contributed by atoms with Gasteiger partial charge in [0.1, 0.15) is 0 Å². The van der Waals surface area contributed by atoms with Crippen LogP contribution in [0.4, 0.5) is 21.6 Å². The van der Waals surface area contributed by atoms with Crippen molar-refractivity contribution in [1.82, 2.24) is 4.98 Å². The summed E-state index contributed by atoms with van der Waals surface area (Å²) < 4.78 is 13.6. The van der Waals surface area contributed by atoms with Gasteiger partial charge in [-0.3, -0.25) is 0 Å². The number of hydrogen-bond donors (Lipinski definition) is 2. The molecular weight excluding hydrogens is 241 g/mol. The van der Waals surface area contributed by atoms with Gasteiger partial charge in [0, 0.05) is 6.20 Å². The highest BCUT2D eigenvalue weighted by atomic mass is 35.5. The van der Waals surface area contributed by atoms with Gasteiger partial charge in [-0.05, 0) is 30.7 Å². The molecule has 2 rings (SSSR count). The molecule has 2 aromatic rings. The van der Waals surface area contributed by atoms with Gasteiger partial charge in [-0.2, -0.15) is 0 Å². The van der Waals surface area contributed by atoms with Crippen LogP contribution in [0.2, 0.25) is 5.02 Å². The molecule has 3 N–H and O–H groups in total. The van der Waals surface area contributed by atoms with Gasteiger partial charge in [0.15, 0.2) is 11.6 Å². The molecule has 88 valence electrons. The van der Waals surface area contributed by atoms with Crippen LogP contribution < -0.4 is 11.1 Å². The van der Waals surface area contributed by atoms with Crippen molar-refractivity contribution >= 4 is 28.8 Å². The van der Waals surface area contributed by atoms with E-state index < -0.39 is 5.82 Å². The molecule has 17 heavy (non-hydrogen) atoms. The highest BCUT2D eigenvalue weighted by molar-refractivity contribution is 6.31. The lowest BCUT2D eigenvalue weighted by molar-refractivity contribution is 0.632. The summed E-state index contributed by atoms with van der Waals surface area (Å²) in [7, 11) is 0. The number of nitrogen functional groups attached to an aromatic ring is 1. The molecule has 0 unspecified atom stereocenters. The smallest absolute Gasteiger partial charge is 0.165 e. The minimum absolute atomic E-state index is 0.0562. The van der Waals surface area contributed by atoms with E-state index >= 15 is 0 Å². The van der Waals surface area contributed by atoms with E-state index in [2.05, 4.69) is 10.3 Å². The van der Waals surface area contributed by atoms with E-state index in [1.165, 1.54) is 6.07 Å². The molecule has 0 spiro atoms. The monoisotopic (exact) mass is 251 g/mol. The predicted octanol–water partition coefficient (Wildman–Crippen LogP) is 3.51. The van der Waals surface area contributed by atoms with Gasteiger partial charge in [-0.15, -0.1) is 0 Å². The molecule has 0 atom stereocenters. The molecule has 0 aliphatic carbocycles. The SMILES string of the molecule is Cc1cnc(Nc2cccc(Cl)c2F)c(N)c1. The summed E-state index contributed by atoms with van der Waals surface area (Å²) in [6, 6.07) is 6.46. The second kappa shape index (κ2) is 4.59. The molecule has 5 heteroatoms. The van der Waals surface area contributed by atoms with Gasteiger partial charge in [-0.1, -0.05) is 17.7 Å². The molecule has 0 saturated carbocycles. The second-order valence-electron chi connectivity index (χ2n) is 3.68. The molecule has 0 bridgehead atoms. The van der Waals surface area contributed by atoms with Crippen LogP contribution in [-0.2, 0) is 0 Å². The highest BCUT2D eigenvalue weighted by Gasteiger charge is 2.08. The maximum Gasteiger partial charge on any atom is 0.165 e. The molecule has 1 aromatic carbocycles. The van der Waals surface area contributed by atoms with Crippen LogP contribution in [0.15, 0.2) is 30.5 Å². The first kappa shape index (κ1) is 11.7. The summed E-state index contributed by atoms with van der Waals surface area (Å²) in [5.41, 5.74) is 7.43. The van der Waals surface area contributed by atoms with Crippen molar-refractivity contribution < 1.29 is 4.39 Å². The van der Waals surface area contributed by atoms with Crippen LogP contribution in [0.5, 0.6) is 0 Å². The Balaban J connectivity index is 2.35. The number of nitrogens with zero attached hydrogens (tertiary/aromatic N) is 1. The standard InChI is InChI=1S/C12H11ClFN3/c1-7-5-9(15)12(16-6-7)17-10-4-2-3-8(13)11(10)14/h2-6H,15H2,1H3,(H,16,17). The van der Waals surface area contributed by atoms with Crippen LogP contribution in [-0.4, -0.2) is 4.98 Å². The van der Waals surface area contributed by atoms with Crippen molar-refractivity contribution in [1.29, 1.82) is 0 Å². The first-order valence-corrected chi connectivity index (χ1v) is 5.39. The van der Waals surface area contributed by atoms with Crippen LogP contribution in [0.25, 0.3) is 0 Å². The maximum atomic E-state index is 13.6. The molecule has 3 nitrogen and oxygen atoms in total. The van der Waals surface area contributed by atoms with E-state index in [4.69, 9.17) is 17.3 Å². The largest absolute Gasteiger partial charge is 0.396 e. The molecule has 0 fully saturated rings. The predicted molar refractivity (Wildman–Crippen MR) is 68.1 cm³/mol. The normalized spacial score (nSPS) is 10.3. The number of rotatable bonds is 2. The van der Waals surface area contributed by atoms with E-state index in [-0.39, 0.29) is 10.7 Å². The first-order chi connectivity index (χ1) is 8.08. The Labute approximate surface area is 103 Å².